The monoisotopic (exact) mass is 338 g/mol. The number of aliphatic hydroxyl groups is 1. The number of nitro groups is 1. The number of hydrogen-bond donors (Lipinski definition) is 2. The van der Waals surface area contributed by atoms with E-state index < -0.39 is 11.0 Å². The van der Waals surface area contributed by atoms with Gasteiger partial charge in [0.1, 0.15) is 24.1 Å². The van der Waals surface area contributed by atoms with Crippen LogP contribution >= 0.6 is 0 Å². The summed E-state index contributed by atoms with van der Waals surface area (Å²) in [5.41, 5.74) is 0.349. The van der Waals surface area contributed by atoms with Gasteiger partial charge in [-0.3, -0.25) is 10.1 Å². The van der Waals surface area contributed by atoms with Crippen LogP contribution in [-0.2, 0) is 0 Å². The predicted octanol–water partition coefficient (Wildman–Crippen LogP) is 3.60. The fraction of sp³-hybridized carbons (Fsp3) is 0.158. The molecule has 25 heavy (non-hydrogen) atoms. The standard InChI is InChI=1S/C19H18N2O4/c22-15(12-20-17-9-3-4-10-18(17)21(23)24)13-25-19-11-5-7-14-6-1-2-8-16(14)19/h1-11,15,20,22H,12-13H2. The minimum atomic E-state index is -0.807. The van der Waals surface area contributed by atoms with Gasteiger partial charge in [0, 0.05) is 18.0 Å². The van der Waals surface area contributed by atoms with E-state index in [1.54, 1.807) is 18.2 Å². The van der Waals surface area contributed by atoms with Gasteiger partial charge in [0.2, 0.25) is 0 Å². The molecule has 0 heterocycles. The molecule has 1 atom stereocenters. The number of nitrogens with one attached hydrogen (secondary N) is 1. The minimum Gasteiger partial charge on any atom is -0.490 e. The van der Waals surface area contributed by atoms with E-state index in [2.05, 4.69) is 5.32 Å². The Kier molecular flexibility index (Phi) is 5.11. The summed E-state index contributed by atoms with van der Waals surface area (Å²) < 4.78 is 5.72. The summed E-state index contributed by atoms with van der Waals surface area (Å²) in [6.45, 7) is 0.233. The summed E-state index contributed by atoms with van der Waals surface area (Å²) in [4.78, 5) is 10.5. The third kappa shape index (κ3) is 4.05. The van der Waals surface area contributed by atoms with Gasteiger partial charge >= 0.3 is 0 Å². The van der Waals surface area contributed by atoms with Crippen LogP contribution in [0.2, 0.25) is 0 Å². The first-order valence-corrected chi connectivity index (χ1v) is 7.91. The number of benzene rings is 3. The van der Waals surface area contributed by atoms with E-state index in [9.17, 15) is 15.2 Å². The van der Waals surface area contributed by atoms with Crippen LogP contribution in [0.1, 0.15) is 0 Å². The Morgan fingerprint density at radius 1 is 1.04 bits per heavy atom. The minimum absolute atomic E-state index is 0.0235. The first kappa shape index (κ1) is 16.7. The highest BCUT2D eigenvalue weighted by Gasteiger charge is 2.14. The van der Waals surface area contributed by atoms with Crippen molar-refractivity contribution in [1.29, 1.82) is 0 Å². The van der Waals surface area contributed by atoms with Gasteiger partial charge in [-0.05, 0) is 17.5 Å². The molecule has 0 aliphatic heterocycles. The topological polar surface area (TPSA) is 84.6 Å². The van der Waals surface area contributed by atoms with Gasteiger partial charge in [0.05, 0.1) is 4.92 Å². The van der Waals surface area contributed by atoms with Gasteiger partial charge in [-0.2, -0.15) is 0 Å². The molecule has 0 aliphatic carbocycles. The lowest BCUT2D eigenvalue weighted by molar-refractivity contribution is -0.384. The lowest BCUT2D eigenvalue weighted by Crippen LogP contribution is -2.26. The lowest BCUT2D eigenvalue weighted by atomic mass is 10.1. The summed E-state index contributed by atoms with van der Waals surface area (Å²) in [5, 5.41) is 26.0. The Morgan fingerprint density at radius 3 is 2.60 bits per heavy atom. The SMILES string of the molecule is O=[N+]([O-])c1ccccc1NCC(O)COc1cccc2ccccc12. The van der Waals surface area contributed by atoms with Gasteiger partial charge in [0.25, 0.3) is 5.69 Å². The molecule has 0 aliphatic rings. The zero-order valence-electron chi connectivity index (χ0n) is 13.5. The van der Waals surface area contributed by atoms with Crippen LogP contribution < -0.4 is 10.1 Å². The fourth-order valence-electron chi connectivity index (χ4n) is 2.58. The zero-order chi connectivity index (χ0) is 17.6. The number of hydrogen-bond acceptors (Lipinski definition) is 5. The Hall–Kier alpha value is -3.12. The van der Waals surface area contributed by atoms with Gasteiger partial charge in [-0.15, -0.1) is 0 Å². The van der Waals surface area contributed by atoms with Gasteiger partial charge in [-0.25, -0.2) is 0 Å². The van der Waals surface area contributed by atoms with E-state index in [1.807, 2.05) is 42.5 Å². The highest BCUT2D eigenvalue weighted by atomic mass is 16.6. The molecule has 3 rings (SSSR count). The second kappa shape index (κ2) is 7.63. The quantitative estimate of drug-likeness (QED) is 0.508. The maximum absolute atomic E-state index is 11.0. The average molecular weight is 338 g/mol. The first-order valence-electron chi connectivity index (χ1n) is 7.91. The molecule has 0 amide bonds. The molecular formula is C19H18N2O4. The van der Waals surface area contributed by atoms with E-state index in [0.29, 0.717) is 11.4 Å². The number of anilines is 1. The zero-order valence-corrected chi connectivity index (χ0v) is 13.5. The summed E-state index contributed by atoms with van der Waals surface area (Å²) in [6, 6.07) is 19.9. The number of rotatable bonds is 7. The van der Waals surface area contributed by atoms with Crippen molar-refractivity contribution in [2.45, 2.75) is 6.10 Å². The van der Waals surface area contributed by atoms with Crippen molar-refractivity contribution in [2.75, 3.05) is 18.5 Å². The molecular weight excluding hydrogens is 320 g/mol. The first-order chi connectivity index (χ1) is 12.1. The molecule has 0 saturated carbocycles. The van der Waals surface area contributed by atoms with Gasteiger partial charge in [0.15, 0.2) is 0 Å². The average Bonchev–Trinajstić information content (AvgIpc) is 2.64. The van der Waals surface area contributed by atoms with Crippen LogP contribution in [0, 0.1) is 10.1 Å². The van der Waals surface area contributed by atoms with Crippen LogP contribution in [0.4, 0.5) is 11.4 Å². The maximum atomic E-state index is 11.0. The predicted molar refractivity (Wildman–Crippen MR) is 97.0 cm³/mol. The van der Waals surface area contributed by atoms with Crippen molar-refractivity contribution in [1.82, 2.24) is 0 Å². The molecule has 1 unspecified atom stereocenters. The number of aliphatic hydroxyl groups excluding tert-OH is 1. The molecule has 3 aromatic rings. The van der Waals surface area contributed by atoms with E-state index in [1.165, 1.54) is 6.07 Å². The molecule has 0 aromatic heterocycles. The van der Waals surface area contributed by atoms with Crippen LogP contribution in [0.3, 0.4) is 0 Å². The molecule has 2 N–H and O–H groups in total. The summed E-state index contributed by atoms with van der Waals surface area (Å²) in [6.07, 6.45) is -0.807. The lowest BCUT2D eigenvalue weighted by Gasteiger charge is -2.15. The molecule has 0 bridgehead atoms. The Labute approximate surface area is 144 Å². The second-order valence-electron chi connectivity index (χ2n) is 5.60. The number of nitro benzene ring substituents is 1. The van der Waals surface area contributed by atoms with Crippen LogP contribution in [-0.4, -0.2) is 29.3 Å². The van der Waals surface area contributed by atoms with E-state index in [4.69, 9.17) is 4.74 Å². The summed E-state index contributed by atoms with van der Waals surface area (Å²) >= 11 is 0. The van der Waals surface area contributed by atoms with Crippen molar-refractivity contribution >= 4 is 22.1 Å². The molecule has 6 nitrogen and oxygen atoms in total. The number of para-hydroxylation sites is 2. The van der Waals surface area contributed by atoms with Crippen LogP contribution in [0.15, 0.2) is 66.7 Å². The number of nitrogens with zero attached hydrogens (tertiary/aromatic N) is 1. The van der Waals surface area contributed by atoms with E-state index in [-0.39, 0.29) is 18.8 Å². The summed E-state index contributed by atoms with van der Waals surface area (Å²) in [7, 11) is 0. The molecule has 0 saturated heterocycles. The maximum Gasteiger partial charge on any atom is 0.292 e. The number of fused-ring (bicyclic) bond motifs is 1. The third-order valence-corrected chi connectivity index (χ3v) is 3.81. The smallest absolute Gasteiger partial charge is 0.292 e. The number of ether oxygens (including phenoxy) is 1. The molecule has 128 valence electrons. The molecule has 0 spiro atoms. The van der Waals surface area contributed by atoms with Gasteiger partial charge in [-0.1, -0.05) is 48.5 Å². The second-order valence-corrected chi connectivity index (χ2v) is 5.60. The van der Waals surface area contributed by atoms with Crippen molar-refractivity contribution in [2.24, 2.45) is 0 Å². The normalized spacial score (nSPS) is 11.9. The Morgan fingerprint density at radius 2 is 1.76 bits per heavy atom. The molecule has 0 radical (unpaired) electrons. The van der Waals surface area contributed by atoms with E-state index >= 15 is 0 Å². The third-order valence-electron chi connectivity index (χ3n) is 3.81. The highest BCUT2D eigenvalue weighted by Crippen LogP contribution is 2.25. The van der Waals surface area contributed by atoms with Crippen LogP contribution in [0.5, 0.6) is 5.75 Å². The Bertz CT molecular complexity index is 877. The Balaban J connectivity index is 1.60. The van der Waals surface area contributed by atoms with Crippen molar-refractivity contribution < 1.29 is 14.8 Å². The largest absolute Gasteiger partial charge is 0.490 e. The van der Waals surface area contributed by atoms with Crippen molar-refractivity contribution in [3.63, 3.8) is 0 Å². The van der Waals surface area contributed by atoms with E-state index in [0.717, 1.165) is 10.8 Å². The van der Waals surface area contributed by atoms with Crippen molar-refractivity contribution in [3.05, 3.63) is 76.8 Å². The fourth-order valence-corrected chi connectivity index (χ4v) is 2.58. The van der Waals surface area contributed by atoms with Crippen molar-refractivity contribution in [3.8, 4) is 5.75 Å². The molecule has 3 aromatic carbocycles. The summed E-state index contributed by atoms with van der Waals surface area (Å²) in [5.74, 6) is 0.697. The van der Waals surface area contributed by atoms with Crippen LogP contribution in [0.25, 0.3) is 10.8 Å². The molecule has 6 heteroatoms. The highest BCUT2D eigenvalue weighted by molar-refractivity contribution is 5.88. The van der Waals surface area contributed by atoms with Gasteiger partial charge < -0.3 is 15.2 Å². The molecule has 0 fully saturated rings.